The van der Waals surface area contributed by atoms with Crippen LogP contribution in [0.15, 0.2) is 60.7 Å². The lowest BCUT2D eigenvalue weighted by atomic mass is 9.83. The fourth-order valence-electron chi connectivity index (χ4n) is 4.16. The van der Waals surface area contributed by atoms with Crippen molar-refractivity contribution in [2.75, 3.05) is 13.7 Å². The van der Waals surface area contributed by atoms with Gasteiger partial charge >= 0.3 is 0 Å². The second kappa shape index (κ2) is 7.94. The second-order valence-corrected chi connectivity index (χ2v) is 7.84. The van der Waals surface area contributed by atoms with Crippen molar-refractivity contribution in [3.63, 3.8) is 0 Å². The van der Waals surface area contributed by atoms with E-state index in [0.717, 1.165) is 30.8 Å². The van der Waals surface area contributed by atoms with Gasteiger partial charge in [-0.05, 0) is 53.9 Å². The average Bonchev–Trinajstić information content (AvgIpc) is 2.72. The summed E-state index contributed by atoms with van der Waals surface area (Å²) in [4.78, 5) is 0. The van der Waals surface area contributed by atoms with E-state index in [1.165, 1.54) is 21.9 Å². The van der Waals surface area contributed by atoms with E-state index in [1.54, 1.807) is 7.11 Å². The number of hydrogen-bond acceptors (Lipinski definition) is 3. The summed E-state index contributed by atoms with van der Waals surface area (Å²) in [5, 5.41) is 2.51. The summed E-state index contributed by atoms with van der Waals surface area (Å²) in [6, 6.07) is 21.4. The van der Waals surface area contributed by atoms with Crippen LogP contribution in [0.4, 0.5) is 0 Å². The molecule has 0 amide bonds. The van der Waals surface area contributed by atoms with E-state index < -0.39 is 0 Å². The summed E-state index contributed by atoms with van der Waals surface area (Å²) in [6.07, 6.45) is 1.91. The van der Waals surface area contributed by atoms with Crippen LogP contribution in [0.2, 0.25) is 0 Å². The number of fused-ring (bicyclic) bond motifs is 1. The van der Waals surface area contributed by atoms with Crippen molar-refractivity contribution < 1.29 is 14.2 Å². The molecule has 28 heavy (non-hydrogen) atoms. The number of ether oxygens (including phenoxy) is 3. The minimum absolute atomic E-state index is 0.194. The highest BCUT2D eigenvalue weighted by atomic mass is 16.5. The van der Waals surface area contributed by atoms with Crippen molar-refractivity contribution in [3.8, 4) is 5.75 Å². The van der Waals surface area contributed by atoms with Crippen LogP contribution in [-0.2, 0) is 21.7 Å². The Balaban J connectivity index is 1.52. The van der Waals surface area contributed by atoms with E-state index in [9.17, 15) is 0 Å². The fraction of sp³-hybridized carbons (Fsp3) is 0.360. The predicted molar refractivity (Wildman–Crippen MR) is 113 cm³/mol. The number of rotatable bonds is 5. The van der Waals surface area contributed by atoms with Gasteiger partial charge in [-0.1, -0.05) is 48.0 Å². The van der Waals surface area contributed by atoms with Crippen molar-refractivity contribution in [1.29, 1.82) is 0 Å². The van der Waals surface area contributed by atoms with Crippen molar-refractivity contribution in [2.24, 2.45) is 0 Å². The zero-order valence-corrected chi connectivity index (χ0v) is 16.9. The highest BCUT2D eigenvalue weighted by molar-refractivity contribution is 5.83. The molecule has 0 saturated carbocycles. The molecule has 1 aliphatic heterocycles. The van der Waals surface area contributed by atoms with E-state index in [4.69, 9.17) is 14.2 Å². The molecule has 3 aromatic rings. The van der Waals surface area contributed by atoms with Gasteiger partial charge in [-0.3, -0.25) is 0 Å². The van der Waals surface area contributed by atoms with Gasteiger partial charge in [0.2, 0.25) is 0 Å². The summed E-state index contributed by atoms with van der Waals surface area (Å²) in [5.41, 5.74) is 3.31. The van der Waals surface area contributed by atoms with Gasteiger partial charge in [0.15, 0.2) is 0 Å². The smallest absolute Gasteiger partial charge is 0.120 e. The Morgan fingerprint density at radius 2 is 1.89 bits per heavy atom. The van der Waals surface area contributed by atoms with Gasteiger partial charge in [0, 0.05) is 20.0 Å². The van der Waals surface area contributed by atoms with Gasteiger partial charge in [-0.2, -0.15) is 0 Å². The molecule has 0 N–H and O–H groups in total. The maximum Gasteiger partial charge on any atom is 0.120 e. The minimum atomic E-state index is -0.294. The summed E-state index contributed by atoms with van der Waals surface area (Å²) < 4.78 is 17.8. The van der Waals surface area contributed by atoms with Crippen LogP contribution in [0.25, 0.3) is 10.8 Å². The van der Waals surface area contributed by atoms with E-state index in [2.05, 4.69) is 68.4 Å². The number of benzene rings is 3. The average molecular weight is 376 g/mol. The Bertz CT molecular complexity index is 965. The quantitative estimate of drug-likeness (QED) is 0.566. The Hall–Kier alpha value is -2.36. The topological polar surface area (TPSA) is 27.7 Å². The van der Waals surface area contributed by atoms with Crippen LogP contribution in [0.5, 0.6) is 5.75 Å². The normalized spacial score (nSPS) is 22.3. The molecule has 146 valence electrons. The molecule has 1 aliphatic rings. The fourth-order valence-corrected chi connectivity index (χ4v) is 4.16. The predicted octanol–water partition coefficient (Wildman–Crippen LogP) is 5.77. The molecule has 2 atom stereocenters. The Labute approximate surface area is 167 Å². The molecule has 1 fully saturated rings. The van der Waals surface area contributed by atoms with E-state index in [-0.39, 0.29) is 11.7 Å². The zero-order chi connectivity index (χ0) is 19.6. The highest BCUT2D eigenvalue weighted by Gasteiger charge is 2.37. The Morgan fingerprint density at radius 3 is 2.71 bits per heavy atom. The first-order valence-corrected chi connectivity index (χ1v) is 9.97. The van der Waals surface area contributed by atoms with Crippen LogP contribution in [-0.4, -0.2) is 19.8 Å². The first kappa shape index (κ1) is 19.0. The molecule has 2 unspecified atom stereocenters. The lowest BCUT2D eigenvalue weighted by Crippen LogP contribution is -2.39. The monoisotopic (exact) mass is 376 g/mol. The molecular formula is C25H28O3. The maximum atomic E-state index is 6.13. The van der Waals surface area contributed by atoms with Crippen LogP contribution in [0.3, 0.4) is 0 Å². The van der Waals surface area contributed by atoms with Gasteiger partial charge < -0.3 is 14.2 Å². The van der Waals surface area contributed by atoms with Gasteiger partial charge in [0.05, 0.1) is 18.3 Å². The lowest BCUT2D eigenvalue weighted by Gasteiger charge is -2.39. The second-order valence-electron chi connectivity index (χ2n) is 7.84. The number of methoxy groups -OCH3 is 1. The molecule has 0 aliphatic carbocycles. The van der Waals surface area contributed by atoms with Gasteiger partial charge in [-0.15, -0.1) is 0 Å². The van der Waals surface area contributed by atoms with Crippen molar-refractivity contribution in [2.45, 2.75) is 45.0 Å². The minimum Gasteiger partial charge on any atom is -0.489 e. The van der Waals surface area contributed by atoms with Crippen LogP contribution >= 0.6 is 0 Å². The molecule has 4 rings (SSSR count). The molecule has 0 aromatic heterocycles. The third-order valence-electron chi connectivity index (χ3n) is 5.74. The van der Waals surface area contributed by atoms with E-state index in [0.29, 0.717) is 6.61 Å². The molecule has 0 bridgehead atoms. The van der Waals surface area contributed by atoms with Gasteiger partial charge in [0.25, 0.3) is 0 Å². The number of hydrogen-bond donors (Lipinski definition) is 0. The lowest BCUT2D eigenvalue weighted by molar-refractivity contribution is -0.122. The van der Waals surface area contributed by atoms with Gasteiger partial charge in [-0.25, -0.2) is 0 Å². The molecule has 0 spiro atoms. The van der Waals surface area contributed by atoms with Crippen LogP contribution in [0.1, 0.15) is 36.5 Å². The number of aryl methyl sites for hydroxylation is 1. The molecule has 1 heterocycles. The van der Waals surface area contributed by atoms with Crippen molar-refractivity contribution >= 4 is 10.8 Å². The molecule has 0 radical (unpaired) electrons. The molecule has 1 saturated heterocycles. The third kappa shape index (κ3) is 3.91. The maximum absolute atomic E-state index is 6.13. The first-order valence-electron chi connectivity index (χ1n) is 9.97. The summed E-state index contributed by atoms with van der Waals surface area (Å²) >= 11 is 0. The summed E-state index contributed by atoms with van der Waals surface area (Å²) in [6.45, 7) is 5.50. The molecule has 3 heteroatoms. The third-order valence-corrected chi connectivity index (χ3v) is 5.74. The molecular weight excluding hydrogens is 348 g/mol. The molecule has 3 aromatic carbocycles. The van der Waals surface area contributed by atoms with E-state index >= 15 is 0 Å². The zero-order valence-electron chi connectivity index (χ0n) is 16.9. The Kier molecular flexibility index (Phi) is 5.38. The summed E-state index contributed by atoms with van der Waals surface area (Å²) in [5.74, 6) is 0.873. The largest absolute Gasteiger partial charge is 0.489 e. The molecule has 3 nitrogen and oxygen atoms in total. The standard InChI is InChI=1S/C25H28O3/c1-18-7-9-21-10-8-20(14-22(21)13-18)17-28-24-6-4-5-23(15-24)25(26-3)11-12-27-19(2)16-25/h4-10,13-15,19H,11-12,16-17H2,1-3H3. The van der Waals surface area contributed by atoms with Crippen LogP contribution in [0, 0.1) is 6.92 Å². The van der Waals surface area contributed by atoms with Gasteiger partial charge in [0.1, 0.15) is 12.4 Å². The summed E-state index contributed by atoms with van der Waals surface area (Å²) in [7, 11) is 1.79. The SMILES string of the molecule is COC1(c2cccc(OCc3ccc4ccc(C)cc4c3)c2)CCOC(C)C1. The first-order chi connectivity index (χ1) is 13.6. The van der Waals surface area contributed by atoms with Crippen molar-refractivity contribution in [1.82, 2.24) is 0 Å². The van der Waals surface area contributed by atoms with E-state index in [1.807, 2.05) is 6.07 Å². The van der Waals surface area contributed by atoms with Crippen LogP contribution < -0.4 is 4.74 Å². The Morgan fingerprint density at radius 1 is 1.04 bits per heavy atom. The highest BCUT2D eigenvalue weighted by Crippen LogP contribution is 2.39. The van der Waals surface area contributed by atoms with Crippen molar-refractivity contribution in [3.05, 3.63) is 77.4 Å².